The molecule has 1 aliphatic heterocycles. The zero-order chi connectivity index (χ0) is 35.4. The van der Waals surface area contributed by atoms with Crippen molar-refractivity contribution in [2.24, 2.45) is 0 Å². The Morgan fingerprint density at radius 1 is 0.961 bits per heavy atom. The van der Waals surface area contributed by atoms with E-state index in [-0.39, 0.29) is 6.09 Å². The maximum atomic E-state index is 12.9. The summed E-state index contributed by atoms with van der Waals surface area (Å²) < 4.78 is 21.0. The van der Waals surface area contributed by atoms with Crippen molar-refractivity contribution in [3.05, 3.63) is 84.1 Å². The molecule has 0 N–H and O–H groups in total. The number of benzene rings is 1. The van der Waals surface area contributed by atoms with Gasteiger partial charge in [-0.2, -0.15) is 0 Å². The second kappa shape index (κ2) is 12.4. The lowest BCUT2D eigenvalue weighted by molar-refractivity contribution is 0.0240. The minimum Gasteiger partial charge on any atom is -0.497 e. The molecule has 260 valence electrons. The molecule has 0 radical (unpaired) electrons. The summed E-state index contributed by atoms with van der Waals surface area (Å²) in [6, 6.07) is 7.75. The Labute approximate surface area is 294 Å². The highest BCUT2D eigenvalue weighted by Gasteiger charge is 2.29. The average molecular weight is 686 g/mol. The van der Waals surface area contributed by atoms with Gasteiger partial charge in [-0.25, -0.2) is 24.7 Å². The van der Waals surface area contributed by atoms with Crippen LogP contribution >= 0.6 is 0 Å². The van der Waals surface area contributed by atoms with Crippen molar-refractivity contribution in [2.75, 3.05) is 45.3 Å². The fourth-order valence-electron chi connectivity index (χ4n) is 6.72. The number of methoxy groups -OCH3 is 2. The molecule has 0 unspecified atom stereocenters. The van der Waals surface area contributed by atoms with E-state index in [9.17, 15) is 4.79 Å². The van der Waals surface area contributed by atoms with E-state index in [4.69, 9.17) is 34.1 Å². The van der Waals surface area contributed by atoms with E-state index >= 15 is 0 Å². The van der Waals surface area contributed by atoms with Gasteiger partial charge < -0.3 is 24.0 Å². The summed E-state index contributed by atoms with van der Waals surface area (Å²) in [5.41, 5.74) is 6.43. The first-order valence-electron chi connectivity index (χ1n) is 16.9. The molecule has 1 fully saturated rings. The van der Waals surface area contributed by atoms with Crippen LogP contribution in [-0.4, -0.2) is 90.9 Å². The second-order valence-electron chi connectivity index (χ2n) is 13.7. The highest BCUT2D eigenvalue weighted by atomic mass is 16.6. The van der Waals surface area contributed by atoms with Gasteiger partial charge in [-0.3, -0.25) is 14.0 Å². The molecule has 6 aromatic rings. The van der Waals surface area contributed by atoms with Crippen molar-refractivity contribution in [2.45, 2.75) is 39.8 Å². The van der Waals surface area contributed by atoms with Crippen molar-refractivity contribution < 1.29 is 19.0 Å². The zero-order valence-corrected chi connectivity index (χ0v) is 29.5. The molecule has 8 rings (SSSR count). The van der Waals surface area contributed by atoms with Crippen LogP contribution in [-0.2, 0) is 11.3 Å². The lowest BCUT2D eigenvalue weighted by atomic mass is 9.97. The molecule has 51 heavy (non-hydrogen) atoms. The molecule has 0 bridgehead atoms. The standard InChI is InChI=1S/C38H39N9O4/c1-23-21-46-32-27(12-13-40-35(32)47(36(46)41-23)22-25-10-11-26(49-5)18-30(25)50-6)33-42-29-20-39-19-28(24-8-7-9-24)31(29)34(43-33)44-14-16-45(17-15-44)37(48)51-38(2,3)4/h7-13,18-21H,14-17,22H2,1-6H3. The fourth-order valence-corrected chi connectivity index (χ4v) is 6.72. The number of hydrogen-bond acceptors (Lipinski definition) is 10. The Morgan fingerprint density at radius 2 is 1.76 bits per heavy atom. The third-order valence-electron chi connectivity index (χ3n) is 9.20. The molecule has 1 aromatic carbocycles. The predicted molar refractivity (Wildman–Crippen MR) is 195 cm³/mol. The number of nitrogens with zero attached hydrogens (tertiary/aromatic N) is 9. The minimum absolute atomic E-state index is 0.305. The summed E-state index contributed by atoms with van der Waals surface area (Å²) >= 11 is 0. The smallest absolute Gasteiger partial charge is 0.410 e. The molecule has 1 aliphatic carbocycles. The maximum Gasteiger partial charge on any atom is 0.410 e. The Balaban J connectivity index is 1.26. The molecule has 0 atom stereocenters. The summed E-state index contributed by atoms with van der Waals surface area (Å²) in [5, 5.41) is 0.924. The molecule has 13 nitrogen and oxygen atoms in total. The number of amides is 1. The number of rotatable bonds is 7. The summed E-state index contributed by atoms with van der Waals surface area (Å²) in [5.74, 6) is 3.51. The van der Waals surface area contributed by atoms with Gasteiger partial charge in [0.05, 0.1) is 43.6 Å². The highest BCUT2D eigenvalue weighted by Crippen LogP contribution is 2.38. The van der Waals surface area contributed by atoms with E-state index in [1.54, 1.807) is 31.5 Å². The van der Waals surface area contributed by atoms with Gasteiger partial charge in [0.2, 0.25) is 5.78 Å². The van der Waals surface area contributed by atoms with Gasteiger partial charge in [-0.05, 0) is 51.5 Å². The Bertz CT molecular complexity index is 2390. The van der Waals surface area contributed by atoms with Crippen LogP contribution in [0.15, 0.2) is 67.3 Å². The van der Waals surface area contributed by atoms with Crippen LogP contribution < -0.4 is 14.4 Å². The van der Waals surface area contributed by atoms with E-state index in [2.05, 4.69) is 31.0 Å². The van der Waals surface area contributed by atoms with Crippen LogP contribution in [0.5, 0.6) is 11.5 Å². The first kappa shape index (κ1) is 32.2. The summed E-state index contributed by atoms with van der Waals surface area (Å²) in [4.78, 5) is 41.8. The van der Waals surface area contributed by atoms with Crippen LogP contribution in [0.2, 0.25) is 0 Å². The Morgan fingerprint density at radius 3 is 2.47 bits per heavy atom. The monoisotopic (exact) mass is 685 g/mol. The molecule has 5 aromatic heterocycles. The number of fused-ring (bicyclic) bond motifs is 4. The molecule has 6 heterocycles. The lowest BCUT2D eigenvalue weighted by Crippen LogP contribution is -2.50. The number of imidazole rings is 2. The third-order valence-corrected chi connectivity index (χ3v) is 9.20. The van der Waals surface area contributed by atoms with Crippen molar-refractivity contribution in [3.63, 3.8) is 0 Å². The SMILES string of the molecule is COc1ccc(Cn2c3nccc(-c4nc(N5CCN(C(=O)OC(C)(C)C)CC5)c5c(C6=CC=C6)cncc5n4)c3n3cc(C)nc23)c(OC)c1. The lowest BCUT2D eigenvalue weighted by Gasteiger charge is -2.36. The summed E-state index contributed by atoms with van der Waals surface area (Å²) in [6.07, 6.45) is 13.3. The normalized spacial score (nSPS) is 14.7. The molecule has 2 aliphatic rings. The number of carbonyl (C=O) groups is 1. The predicted octanol–water partition coefficient (Wildman–Crippen LogP) is 6.07. The van der Waals surface area contributed by atoms with E-state index in [0.29, 0.717) is 50.0 Å². The number of ether oxygens (including phenoxy) is 3. The van der Waals surface area contributed by atoms with Gasteiger partial charge in [0.15, 0.2) is 11.5 Å². The van der Waals surface area contributed by atoms with E-state index in [1.807, 2.05) is 70.4 Å². The number of allylic oxidation sites excluding steroid dienone is 4. The molecule has 1 amide bonds. The van der Waals surface area contributed by atoms with Crippen LogP contribution in [0.3, 0.4) is 0 Å². The van der Waals surface area contributed by atoms with Crippen molar-refractivity contribution in [1.82, 2.24) is 38.8 Å². The number of aromatic nitrogens is 7. The van der Waals surface area contributed by atoms with Crippen LogP contribution in [0.25, 0.3) is 44.8 Å². The topological polar surface area (TPSA) is 125 Å². The molecular weight excluding hydrogens is 646 g/mol. The summed E-state index contributed by atoms with van der Waals surface area (Å²) in [7, 11) is 3.29. The first-order valence-corrected chi connectivity index (χ1v) is 16.9. The van der Waals surface area contributed by atoms with Crippen molar-refractivity contribution in [1.29, 1.82) is 0 Å². The van der Waals surface area contributed by atoms with Gasteiger partial charge in [-0.1, -0.05) is 18.2 Å². The largest absolute Gasteiger partial charge is 0.497 e. The molecular formula is C38H39N9O4. The molecule has 1 saturated heterocycles. The quantitative estimate of drug-likeness (QED) is 0.195. The van der Waals surface area contributed by atoms with E-state index in [0.717, 1.165) is 61.6 Å². The summed E-state index contributed by atoms with van der Waals surface area (Å²) in [6.45, 7) is 10.3. The first-order chi connectivity index (χ1) is 24.6. The van der Waals surface area contributed by atoms with E-state index in [1.165, 1.54) is 0 Å². The van der Waals surface area contributed by atoms with Crippen LogP contribution in [0.1, 0.15) is 37.6 Å². The van der Waals surface area contributed by atoms with Crippen LogP contribution in [0.4, 0.5) is 10.6 Å². The number of hydrogen-bond donors (Lipinski definition) is 0. The number of piperazine rings is 1. The molecule has 0 spiro atoms. The Hall–Kier alpha value is -5.98. The zero-order valence-electron chi connectivity index (χ0n) is 29.5. The van der Waals surface area contributed by atoms with Gasteiger partial charge >= 0.3 is 6.09 Å². The number of carbonyl (C=O) groups excluding carboxylic acids is 1. The number of anilines is 1. The average Bonchev–Trinajstić information content (AvgIpc) is 3.61. The second-order valence-corrected chi connectivity index (χ2v) is 13.7. The van der Waals surface area contributed by atoms with Gasteiger partial charge in [0.25, 0.3) is 0 Å². The van der Waals surface area contributed by atoms with Crippen molar-refractivity contribution >= 4 is 45.3 Å². The maximum absolute atomic E-state index is 12.9. The van der Waals surface area contributed by atoms with E-state index < -0.39 is 5.60 Å². The van der Waals surface area contributed by atoms with Crippen LogP contribution in [0, 0.1) is 6.92 Å². The number of pyridine rings is 2. The Kier molecular flexibility index (Phi) is 7.85. The molecule has 0 saturated carbocycles. The van der Waals surface area contributed by atoms with Gasteiger partial charge in [0, 0.05) is 67.5 Å². The van der Waals surface area contributed by atoms with Gasteiger partial charge in [0.1, 0.15) is 28.4 Å². The number of aryl methyl sites for hydroxylation is 1. The van der Waals surface area contributed by atoms with Crippen molar-refractivity contribution in [3.8, 4) is 22.9 Å². The third kappa shape index (κ3) is 5.77. The highest BCUT2D eigenvalue weighted by molar-refractivity contribution is 6.03. The fraction of sp³-hybridized carbons (Fsp3) is 0.316. The molecule has 13 heteroatoms. The van der Waals surface area contributed by atoms with Gasteiger partial charge in [-0.15, -0.1) is 0 Å². The minimum atomic E-state index is -0.563.